The van der Waals surface area contributed by atoms with Crippen LogP contribution in [0.5, 0.6) is 0 Å². The fourth-order valence-corrected chi connectivity index (χ4v) is 3.18. The van der Waals surface area contributed by atoms with Crippen molar-refractivity contribution in [2.24, 2.45) is 0 Å². The van der Waals surface area contributed by atoms with Gasteiger partial charge in [0.2, 0.25) is 0 Å². The van der Waals surface area contributed by atoms with Gasteiger partial charge in [-0.3, -0.25) is 8.74 Å². The minimum atomic E-state index is -4.89. The molecular formula is C11H15NaO8S2. The van der Waals surface area contributed by atoms with Crippen molar-refractivity contribution < 1.29 is 66.5 Å². The Hall–Kier alpha value is -0.490. The molecule has 1 aromatic carbocycles. The standard InChI is InChI=1S/C11H14O8S2.Na.H/c1-2-3-6-19-21(17,18)8-4-5-9(11(12)13)10(7-8)20(14,15)16;;/h4-5,7H,2-3,6H2,1H3,(H,12,13)(H,14,15,16);;/q;+1;-1. The first kappa shape index (κ1) is 21.5. The number of rotatable bonds is 7. The maximum atomic E-state index is 11.8. The van der Waals surface area contributed by atoms with Crippen LogP contribution in [0.15, 0.2) is 28.0 Å². The van der Waals surface area contributed by atoms with Crippen molar-refractivity contribution in [1.82, 2.24) is 0 Å². The summed E-state index contributed by atoms with van der Waals surface area (Å²) in [5.74, 6) is -1.61. The summed E-state index contributed by atoms with van der Waals surface area (Å²) >= 11 is 0. The number of unbranched alkanes of at least 4 members (excludes halogenated alkanes) is 1. The average Bonchev–Trinajstić information content (AvgIpc) is 2.37. The molecule has 0 aliphatic heterocycles. The summed E-state index contributed by atoms with van der Waals surface area (Å²) in [5, 5.41) is 8.84. The van der Waals surface area contributed by atoms with E-state index in [9.17, 15) is 21.6 Å². The Balaban J connectivity index is 0. The Labute approximate surface area is 152 Å². The largest absolute Gasteiger partial charge is 1.00 e. The van der Waals surface area contributed by atoms with Crippen LogP contribution < -0.4 is 29.6 Å². The number of carboxylic acids is 1. The zero-order valence-electron chi connectivity index (χ0n) is 13.0. The molecule has 0 heterocycles. The Bertz CT molecular complexity index is 745. The van der Waals surface area contributed by atoms with E-state index in [1.54, 1.807) is 0 Å². The summed E-state index contributed by atoms with van der Waals surface area (Å²) in [6.45, 7) is 1.74. The Morgan fingerprint density at radius 3 is 2.32 bits per heavy atom. The molecule has 0 atom stereocenters. The van der Waals surface area contributed by atoms with Gasteiger partial charge >= 0.3 is 35.5 Å². The van der Waals surface area contributed by atoms with Crippen molar-refractivity contribution in [3.63, 3.8) is 0 Å². The minimum Gasteiger partial charge on any atom is -1.00 e. The molecule has 0 unspecified atom stereocenters. The van der Waals surface area contributed by atoms with Gasteiger partial charge in [0.05, 0.1) is 17.1 Å². The van der Waals surface area contributed by atoms with E-state index in [0.717, 1.165) is 12.1 Å². The van der Waals surface area contributed by atoms with Gasteiger partial charge in [0.25, 0.3) is 20.2 Å². The van der Waals surface area contributed by atoms with Crippen LogP contribution in [0.4, 0.5) is 0 Å². The smallest absolute Gasteiger partial charge is 1.00 e. The van der Waals surface area contributed by atoms with Crippen molar-refractivity contribution in [3.8, 4) is 0 Å². The molecule has 0 saturated heterocycles. The van der Waals surface area contributed by atoms with Crippen molar-refractivity contribution in [2.75, 3.05) is 6.61 Å². The van der Waals surface area contributed by atoms with Crippen LogP contribution in [0.1, 0.15) is 31.6 Å². The Morgan fingerprint density at radius 2 is 1.86 bits per heavy atom. The first-order valence-corrected chi connectivity index (χ1v) is 8.68. The van der Waals surface area contributed by atoms with E-state index in [0.29, 0.717) is 18.9 Å². The third-order valence-corrected chi connectivity index (χ3v) is 4.69. The van der Waals surface area contributed by atoms with E-state index < -0.39 is 41.6 Å². The van der Waals surface area contributed by atoms with Crippen molar-refractivity contribution in [2.45, 2.75) is 29.6 Å². The zero-order valence-corrected chi connectivity index (χ0v) is 15.6. The van der Waals surface area contributed by atoms with Crippen LogP contribution in [0.2, 0.25) is 0 Å². The second-order valence-electron chi connectivity index (χ2n) is 4.07. The van der Waals surface area contributed by atoms with Gasteiger partial charge in [-0.05, 0) is 24.6 Å². The van der Waals surface area contributed by atoms with Crippen LogP contribution in [-0.4, -0.2) is 39.1 Å². The quantitative estimate of drug-likeness (QED) is 0.252. The van der Waals surface area contributed by atoms with Crippen LogP contribution in [0.25, 0.3) is 0 Å². The maximum Gasteiger partial charge on any atom is 1.00 e. The Morgan fingerprint density at radius 1 is 1.27 bits per heavy atom. The van der Waals surface area contributed by atoms with E-state index in [1.165, 1.54) is 0 Å². The fraction of sp³-hybridized carbons (Fsp3) is 0.364. The molecular weight excluding hydrogens is 347 g/mol. The Kier molecular flexibility index (Phi) is 8.20. The number of aromatic carboxylic acids is 1. The van der Waals surface area contributed by atoms with E-state index in [-0.39, 0.29) is 37.6 Å². The van der Waals surface area contributed by atoms with Crippen molar-refractivity contribution in [1.29, 1.82) is 0 Å². The molecule has 0 fully saturated rings. The molecule has 0 bridgehead atoms. The van der Waals surface area contributed by atoms with Gasteiger partial charge in [0.1, 0.15) is 4.90 Å². The van der Waals surface area contributed by atoms with Crippen LogP contribution in [0.3, 0.4) is 0 Å². The molecule has 2 N–H and O–H groups in total. The molecule has 1 aromatic rings. The minimum absolute atomic E-state index is 0. The molecule has 0 spiro atoms. The molecule has 8 nitrogen and oxygen atoms in total. The van der Waals surface area contributed by atoms with Crippen molar-refractivity contribution in [3.05, 3.63) is 23.8 Å². The summed E-state index contributed by atoms with van der Waals surface area (Å²) < 4.78 is 59.6. The molecule has 1 rings (SSSR count). The average molecular weight is 362 g/mol. The van der Waals surface area contributed by atoms with Crippen molar-refractivity contribution >= 4 is 26.2 Å². The topological polar surface area (TPSA) is 135 Å². The monoisotopic (exact) mass is 362 g/mol. The first-order chi connectivity index (χ1) is 9.59. The molecule has 0 aliphatic carbocycles. The summed E-state index contributed by atoms with van der Waals surface area (Å²) in [4.78, 5) is 9.33. The normalized spacial score (nSPS) is 11.7. The number of hydrogen-bond acceptors (Lipinski definition) is 6. The fourth-order valence-electron chi connectivity index (χ4n) is 1.43. The van der Waals surface area contributed by atoms with Crippen LogP contribution in [0, 0.1) is 0 Å². The number of benzene rings is 1. The van der Waals surface area contributed by atoms with E-state index >= 15 is 0 Å². The molecule has 120 valence electrons. The first-order valence-electron chi connectivity index (χ1n) is 5.84. The van der Waals surface area contributed by atoms with Crippen LogP contribution in [-0.2, 0) is 24.4 Å². The van der Waals surface area contributed by atoms with Crippen LogP contribution >= 0.6 is 0 Å². The van der Waals surface area contributed by atoms with Gasteiger partial charge in [-0.25, -0.2) is 4.79 Å². The molecule has 0 amide bonds. The number of carboxylic acid groups (broad SMARTS) is 1. The van der Waals surface area contributed by atoms with E-state index in [1.807, 2.05) is 6.92 Å². The summed E-state index contributed by atoms with van der Waals surface area (Å²) in [7, 11) is -9.11. The molecule has 0 saturated carbocycles. The molecule has 22 heavy (non-hydrogen) atoms. The van der Waals surface area contributed by atoms with Gasteiger partial charge in [-0.15, -0.1) is 0 Å². The molecule has 0 aromatic heterocycles. The molecule has 0 radical (unpaired) electrons. The second kappa shape index (κ2) is 8.39. The third kappa shape index (κ3) is 5.61. The number of hydrogen-bond donors (Lipinski definition) is 2. The summed E-state index contributed by atoms with van der Waals surface area (Å²) in [6, 6.07) is 2.24. The SMILES string of the molecule is CCCCOS(=O)(=O)c1ccc(C(=O)O)c(S(=O)(=O)O)c1.[H-].[Na+]. The van der Waals surface area contributed by atoms with Gasteiger partial charge in [-0.2, -0.15) is 16.8 Å². The predicted molar refractivity (Wildman–Crippen MR) is 72.4 cm³/mol. The van der Waals surface area contributed by atoms with Gasteiger partial charge < -0.3 is 6.53 Å². The summed E-state index contributed by atoms with van der Waals surface area (Å²) in [6.07, 6.45) is 1.18. The number of carbonyl (C=O) groups is 1. The van der Waals surface area contributed by atoms with Gasteiger partial charge in [0, 0.05) is 0 Å². The maximum absolute atomic E-state index is 11.8. The molecule has 0 aliphatic rings. The third-order valence-electron chi connectivity index (χ3n) is 2.49. The predicted octanol–water partition coefficient (Wildman–Crippen LogP) is -1.75. The van der Waals surface area contributed by atoms with E-state index in [4.69, 9.17) is 9.66 Å². The second-order valence-corrected chi connectivity index (χ2v) is 7.07. The van der Waals surface area contributed by atoms with Gasteiger partial charge in [0.15, 0.2) is 0 Å². The summed E-state index contributed by atoms with van der Waals surface area (Å²) in [5.41, 5.74) is -0.731. The van der Waals surface area contributed by atoms with Gasteiger partial charge in [-0.1, -0.05) is 13.3 Å². The van der Waals surface area contributed by atoms with E-state index in [2.05, 4.69) is 4.18 Å². The zero-order chi connectivity index (χ0) is 16.3. The molecule has 11 heteroatoms.